The first kappa shape index (κ1) is 24.4. The summed E-state index contributed by atoms with van der Waals surface area (Å²) >= 11 is 0. The zero-order chi connectivity index (χ0) is 23.0. The minimum Gasteiger partial charge on any atom is -0.484 e. The fourth-order valence-electron chi connectivity index (χ4n) is 3.20. The second kappa shape index (κ2) is 11.5. The van der Waals surface area contributed by atoms with Crippen molar-refractivity contribution >= 4 is 11.8 Å². The Hall–Kier alpha value is -2.82. The summed E-state index contributed by atoms with van der Waals surface area (Å²) in [4.78, 5) is 27.5. The van der Waals surface area contributed by atoms with Gasteiger partial charge in [-0.25, -0.2) is 0 Å². The van der Waals surface area contributed by atoms with Crippen LogP contribution in [0.5, 0.6) is 5.75 Å². The summed E-state index contributed by atoms with van der Waals surface area (Å²) in [6, 6.07) is 15.1. The molecule has 0 heterocycles. The summed E-state index contributed by atoms with van der Waals surface area (Å²) in [5, 5.41) is 2.98. The number of aryl methyl sites for hydroxylation is 1. The van der Waals surface area contributed by atoms with E-state index >= 15 is 0 Å². The van der Waals surface area contributed by atoms with Crippen LogP contribution in [0, 0.1) is 6.92 Å². The lowest BCUT2D eigenvalue weighted by Crippen LogP contribution is -2.50. The van der Waals surface area contributed by atoms with Crippen LogP contribution in [0.1, 0.15) is 63.6 Å². The molecule has 168 valence electrons. The Morgan fingerprint density at radius 3 is 2.23 bits per heavy atom. The molecule has 0 spiro atoms. The van der Waals surface area contributed by atoms with E-state index < -0.39 is 6.04 Å². The SMILES string of the molecule is CC[C@H](C)NC(=O)[C@@H](C)N(Cc1ccccc1C)C(=O)COc1ccc(C(C)C)cc1. The first-order valence-corrected chi connectivity index (χ1v) is 11.1. The highest BCUT2D eigenvalue weighted by Crippen LogP contribution is 2.19. The fraction of sp³-hybridized carbons (Fsp3) is 0.462. The summed E-state index contributed by atoms with van der Waals surface area (Å²) in [6.45, 7) is 12.3. The van der Waals surface area contributed by atoms with E-state index in [-0.39, 0.29) is 24.5 Å². The molecule has 0 aliphatic rings. The Bertz CT molecular complexity index is 861. The number of carbonyl (C=O) groups is 2. The van der Waals surface area contributed by atoms with Crippen LogP contribution < -0.4 is 10.1 Å². The maximum atomic E-state index is 13.1. The molecule has 0 radical (unpaired) electrons. The number of benzene rings is 2. The minimum absolute atomic E-state index is 0.0566. The largest absolute Gasteiger partial charge is 0.484 e. The molecule has 0 saturated heterocycles. The van der Waals surface area contributed by atoms with E-state index in [0.29, 0.717) is 18.2 Å². The lowest BCUT2D eigenvalue weighted by molar-refractivity contribution is -0.142. The van der Waals surface area contributed by atoms with Crippen LogP contribution in [0.25, 0.3) is 0 Å². The first-order chi connectivity index (χ1) is 14.7. The van der Waals surface area contributed by atoms with Gasteiger partial charge in [0, 0.05) is 12.6 Å². The van der Waals surface area contributed by atoms with E-state index in [1.54, 1.807) is 11.8 Å². The van der Waals surface area contributed by atoms with Crippen molar-refractivity contribution < 1.29 is 14.3 Å². The molecule has 5 heteroatoms. The second-order valence-corrected chi connectivity index (χ2v) is 8.45. The van der Waals surface area contributed by atoms with E-state index in [1.165, 1.54) is 5.56 Å². The zero-order valence-electron chi connectivity index (χ0n) is 19.6. The highest BCUT2D eigenvalue weighted by atomic mass is 16.5. The topological polar surface area (TPSA) is 58.6 Å². The highest BCUT2D eigenvalue weighted by molar-refractivity contribution is 5.88. The van der Waals surface area contributed by atoms with Crippen molar-refractivity contribution in [2.75, 3.05) is 6.61 Å². The van der Waals surface area contributed by atoms with Gasteiger partial charge in [-0.15, -0.1) is 0 Å². The molecule has 1 N–H and O–H groups in total. The predicted octanol–water partition coefficient (Wildman–Crippen LogP) is 4.83. The van der Waals surface area contributed by atoms with Gasteiger partial charge in [0.05, 0.1) is 0 Å². The Morgan fingerprint density at radius 2 is 1.65 bits per heavy atom. The van der Waals surface area contributed by atoms with Gasteiger partial charge in [0.15, 0.2) is 6.61 Å². The minimum atomic E-state index is -0.604. The number of ether oxygens (including phenoxy) is 1. The average molecular weight is 425 g/mol. The van der Waals surface area contributed by atoms with E-state index in [0.717, 1.165) is 17.5 Å². The van der Waals surface area contributed by atoms with Crippen molar-refractivity contribution in [2.24, 2.45) is 0 Å². The van der Waals surface area contributed by atoms with E-state index in [1.807, 2.05) is 69.3 Å². The van der Waals surface area contributed by atoms with Gasteiger partial charge >= 0.3 is 0 Å². The van der Waals surface area contributed by atoms with Crippen molar-refractivity contribution in [1.82, 2.24) is 10.2 Å². The van der Waals surface area contributed by atoms with Crippen molar-refractivity contribution in [2.45, 2.75) is 72.5 Å². The molecule has 2 aromatic carbocycles. The molecule has 2 amide bonds. The summed E-state index contributed by atoms with van der Waals surface area (Å²) < 4.78 is 5.76. The summed E-state index contributed by atoms with van der Waals surface area (Å²) in [5.41, 5.74) is 3.32. The average Bonchev–Trinajstić information content (AvgIpc) is 2.76. The quantitative estimate of drug-likeness (QED) is 0.594. The molecule has 0 aliphatic carbocycles. The molecule has 0 unspecified atom stereocenters. The number of amides is 2. The molecular weight excluding hydrogens is 388 g/mol. The standard InChI is InChI=1S/C26H36N2O3/c1-7-20(5)27-26(30)21(6)28(16-23-11-9-8-10-19(23)4)25(29)17-31-24-14-12-22(13-15-24)18(2)3/h8-15,18,20-21H,7,16-17H2,1-6H3,(H,27,30)/t20-,21+/m0/s1. The fourth-order valence-corrected chi connectivity index (χ4v) is 3.20. The third-order valence-electron chi connectivity index (χ3n) is 5.68. The number of hydrogen-bond acceptors (Lipinski definition) is 3. The second-order valence-electron chi connectivity index (χ2n) is 8.45. The molecule has 2 aromatic rings. The van der Waals surface area contributed by atoms with E-state index in [4.69, 9.17) is 4.74 Å². The number of hydrogen-bond donors (Lipinski definition) is 1. The van der Waals surface area contributed by atoms with Crippen LogP contribution in [-0.2, 0) is 16.1 Å². The molecule has 0 aromatic heterocycles. The molecular formula is C26H36N2O3. The van der Waals surface area contributed by atoms with Crippen LogP contribution in [-0.4, -0.2) is 35.4 Å². The summed E-state index contributed by atoms with van der Waals surface area (Å²) in [5.74, 6) is 0.705. The van der Waals surface area contributed by atoms with Crippen LogP contribution in [0.3, 0.4) is 0 Å². The molecule has 2 atom stereocenters. The molecule has 0 aliphatic heterocycles. The van der Waals surface area contributed by atoms with Gasteiger partial charge in [0.25, 0.3) is 5.91 Å². The lowest BCUT2D eigenvalue weighted by Gasteiger charge is -2.30. The van der Waals surface area contributed by atoms with Gasteiger partial charge in [-0.3, -0.25) is 9.59 Å². The Morgan fingerprint density at radius 1 is 1.00 bits per heavy atom. The van der Waals surface area contributed by atoms with E-state index in [2.05, 4.69) is 19.2 Å². The van der Waals surface area contributed by atoms with Crippen molar-refractivity contribution in [1.29, 1.82) is 0 Å². The van der Waals surface area contributed by atoms with Crippen LogP contribution in [0.4, 0.5) is 0 Å². The van der Waals surface area contributed by atoms with Gasteiger partial charge in [-0.05, 0) is 61.9 Å². The van der Waals surface area contributed by atoms with Gasteiger partial charge in [-0.2, -0.15) is 0 Å². The third kappa shape index (κ3) is 7.12. The van der Waals surface area contributed by atoms with E-state index in [9.17, 15) is 9.59 Å². The number of carbonyl (C=O) groups excluding carboxylic acids is 2. The maximum Gasteiger partial charge on any atom is 0.261 e. The number of rotatable bonds is 10. The Kier molecular flexibility index (Phi) is 9.10. The smallest absolute Gasteiger partial charge is 0.261 e. The molecule has 0 fully saturated rings. The third-order valence-corrected chi connectivity index (χ3v) is 5.68. The molecule has 2 rings (SSSR count). The Labute approximate surface area is 186 Å². The molecule has 0 saturated carbocycles. The predicted molar refractivity (Wildman–Crippen MR) is 125 cm³/mol. The highest BCUT2D eigenvalue weighted by Gasteiger charge is 2.27. The molecule has 0 bridgehead atoms. The van der Waals surface area contributed by atoms with Crippen LogP contribution >= 0.6 is 0 Å². The van der Waals surface area contributed by atoms with Crippen molar-refractivity contribution in [3.8, 4) is 5.75 Å². The zero-order valence-corrected chi connectivity index (χ0v) is 19.6. The van der Waals surface area contributed by atoms with Gasteiger partial charge in [-0.1, -0.05) is 57.2 Å². The first-order valence-electron chi connectivity index (χ1n) is 11.1. The van der Waals surface area contributed by atoms with Crippen molar-refractivity contribution in [3.05, 3.63) is 65.2 Å². The molecule has 31 heavy (non-hydrogen) atoms. The number of nitrogens with zero attached hydrogens (tertiary/aromatic N) is 1. The van der Waals surface area contributed by atoms with Gasteiger partial charge in [0.1, 0.15) is 11.8 Å². The van der Waals surface area contributed by atoms with Crippen LogP contribution in [0.2, 0.25) is 0 Å². The Balaban J connectivity index is 2.14. The summed E-state index contributed by atoms with van der Waals surface area (Å²) in [6.07, 6.45) is 0.833. The van der Waals surface area contributed by atoms with Crippen molar-refractivity contribution in [3.63, 3.8) is 0 Å². The summed E-state index contributed by atoms with van der Waals surface area (Å²) in [7, 11) is 0. The monoisotopic (exact) mass is 424 g/mol. The maximum absolute atomic E-state index is 13.1. The lowest BCUT2D eigenvalue weighted by atomic mass is 10.0. The van der Waals surface area contributed by atoms with Gasteiger partial charge < -0.3 is 15.0 Å². The number of nitrogens with one attached hydrogen (secondary N) is 1. The van der Waals surface area contributed by atoms with Crippen LogP contribution in [0.15, 0.2) is 48.5 Å². The van der Waals surface area contributed by atoms with Gasteiger partial charge in [0.2, 0.25) is 5.91 Å². The normalized spacial score (nSPS) is 12.9. The molecule has 5 nitrogen and oxygen atoms in total.